The number of rotatable bonds is 6. The summed E-state index contributed by atoms with van der Waals surface area (Å²) >= 11 is 1.59. The Hall–Kier alpha value is -1.07. The van der Waals surface area contributed by atoms with E-state index in [1.54, 1.807) is 24.9 Å². The summed E-state index contributed by atoms with van der Waals surface area (Å²) in [6.07, 6.45) is 1.77. The predicted octanol–water partition coefficient (Wildman–Crippen LogP) is 1.51. The lowest BCUT2D eigenvalue weighted by Crippen LogP contribution is -2.34. The molecule has 1 atom stereocenters. The maximum atomic E-state index is 11.3. The monoisotopic (exact) mass is 254 g/mol. The average molecular weight is 254 g/mol. The number of carbonyl (C=O) groups is 1. The number of thioether (sulfide) groups is 1. The maximum Gasteiger partial charge on any atom is 0.323 e. The summed E-state index contributed by atoms with van der Waals surface area (Å²) in [4.78, 5) is 15.6. The van der Waals surface area contributed by atoms with Gasteiger partial charge in [0.25, 0.3) is 0 Å². The molecule has 94 valence electrons. The van der Waals surface area contributed by atoms with E-state index in [1.165, 1.54) is 0 Å². The Morgan fingerprint density at radius 2 is 2.41 bits per heavy atom. The lowest BCUT2D eigenvalue weighted by atomic mass is 10.2. The fourth-order valence-corrected chi connectivity index (χ4v) is 2.27. The molecule has 1 aromatic heterocycles. The summed E-state index contributed by atoms with van der Waals surface area (Å²) < 4.78 is 4.84. The highest BCUT2D eigenvalue weighted by atomic mass is 32.2. The van der Waals surface area contributed by atoms with Crippen LogP contribution in [0.5, 0.6) is 0 Å². The number of aromatic nitrogens is 1. The number of esters is 1. The molecule has 5 heteroatoms. The molecule has 0 radical (unpaired) electrons. The minimum absolute atomic E-state index is 0.335. The zero-order valence-electron chi connectivity index (χ0n) is 10.2. The molecule has 0 saturated carbocycles. The highest BCUT2D eigenvalue weighted by Gasteiger charge is 2.14. The van der Waals surface area contributed by atoms with E-state index < -0.39 is 6.04 Å². The van der Waals surface area contributed by atoms with E-state index >= 15 is 0 Å². The van der Waals surface area contributed by atoms with Crippen LogP contribution in [0.15, 0.2) is 18.3 Å². The topological polar surface area (TPSA) is 65.2 Å². The smallest absolute Gasteiger partial charge is 0.323 e. The minimum Gasteiger partial charge on any atom is -0.465 e. The van der Waals surface area contributed by atoms with Crippen LogP contribution in [0.25, 0.3) is 0 Å². The van der Waals surface area contributed by atoms with Gasteiger partial charge in [-0.2, -0.15) is 11.8 Å². The Bertz CT molecular complexity index is 371. The molecule has 0 fully saturated rings. The normalized spacial score (nSPS) is 12.2. The van der Waals surface area contributed by atoms with Crippen LogP contribution in [0.2, 0.25) is 0 Å². The first kappa shape index (κ1) is 14.0. The standard InChI is InChI=1S/C12H18N2O2S/c1-3-16-12(15)10(13)7-17-8-11-9(2)5-4-6-14-11/h4-6,10H,3,7-8,13H2,1-2H3. The van der Waals surface area contributed by atoms with Gasteiger partial charge >= 0.3 is 5.97 Å². The molecular weight excluding hydrogens is 236 g/mol. The van der Waals surface area contributed by atoms with Gasteiger partial charge in [-0.15, -0.1) is 0 Å². The molecule has 0 aliphatic carbocycles. The molecule has 1 rings (SSSR count). The molecule has 4 nitrogen and oxygen atoms in total. The van der Waals surface area contributed by atoms with Crippen LogP contribution in [-0.4, -0.2) is 29.4 Å². The number of aryl methyl sites for hydroxylation is 1. The van der Waals surface area contributed by atoms with Crippen LogP contribution in [0.1, 0.15) is 18.2 Å². The zero-order valence-corrected chi connectivity index (χ0v) is 11.0. The number of nitrogens with two attached hydrogens (primary N) is 1. The molecule has 17 heavy (non-hydrogen) atoms. The van der Waals surface area contributed by atoms with E-state index in [0.717, 1.165) is 17.0 Å². The zero-order chi connectivity index (χ0) is 12.7. The molecule has 1 aromatic rings. The molecule has 0 aliphatic rings. The fraction of sp³-hybridized carbons (Fsp3) is 0.500. The van der Waals surface area contributed by atoms with E-state index in [2.05, 4.69) is 4.98 Å². The second kappa shape index (κ2) is 7.29. The summed E-state index contributed by atoms with van der Waals surface area (Å²) in [5.41, 5.74) is 7.88. The maximum absolute atomic E-state index is 11.3. The summed E-state index contributed by atoms with van der Waals surface area (Å²) in [5, 5.41) is 0. The molecule has 0 bridgehead atoms. The molecule has 2 N–H and O–H groups in total. The molecule has 0 aliphatic heterocycles. The summed E-state index contributed by atoms with van der Waals surface area (Å²) in [6, 6.07) is 3.38. The van der Waals surface area contributed by atoms with Gasteiger partial charge in [-0.05, 0) is 25.5 Å². The number of pyridine rings is 1. The van der Waals surface area contributed by atoms with Gasteiger partial charge in [-0.25, -0.2) is 0 Å². The third kappa shape index (κ3) is 4.75. The third-order valence-corrected chi connectivity index (χ3v) is 3.32. The van der Waals surface area contributed by atoms with Crippen molar-refractivity contribution in [2.24, 2.45) is 5.73 Å². The molecule has 0 aromatic carbocycles. The van der Waals surface area contributed by atoms with Crippen LogP contribution in [-0.2, 0) is 15.3 Å². The lowest BCUT2D eigenvalue weighted by Gasteiger charge is -2.10. The summed E-state index contributed by atoms with van der Waals surface area (Å²) in [5.74, 6) is 0.979. The van der Waals surface area contributed by atoms with E-state index in [-0.39, 0.29) is 5.97 Å². The Morgan fingerprint density at radius 1 is 1.65 bits per heavy atom. The Balaban J connectivity index is 2.33. The minimum atomic E-state index is -0.552. The first-order valence-corrected chi connectivity index (χ1v) is 6.71. The van der Waals surface area contributed by atoms with E-state index in [4.69, 9.17) is 10.5 Å². The van der Waals surface area contributed by atoms with Crippen molar-refractivity contribution in [3.8, 4) is 0 Å². The van der Waals surface area contributed by atoms with Crippen molar-refractivity contribution in [3.63, 3.8) is 0 Å². The van der Waals surface area contributed by atoms with Gasteiger partial charge in [-0.3, -0.25) is 9.78 Å². The molecule has 0 spiro atoms. The van der Waals surface area contributed by atoms with E-state index in [9.17, 15) is 4.79 Å². The van der Waals surface area contributed by atoms with Gasteiger partial charge in [0, 0.05) is 17.7 Å². The summed E-state index contributed by atoms with van der Waals surface area (Å²) in [7, 11) is 0. The van der Waals surface area contributed by atoms with Crippen molar-refractivity contribution in [3.05, 3.63) is 29.6 Å². The molecular formula is C12H18N2O2S. The number of hydrogen-bond acceptors (Lipinski definition) is 5. The summed E-state index contributed by atoms with van der Waals surface area (Å²) in [6.45, 7) is 4.17. The number of ether oxygens (including phenoxy) is 1. The van der Waals surface area contributed by atoms with E-state index in [0.29, 0.717) is 12.4 Å². The van der Waals surface area contributed by atoms with Crippen molar-refractivity contribution in [2.75, 3.05) is 12.4 Å². The molecule has 1 unspecified atom stereocenters. The highest BCUT2D eigenvalue weighted by molar-refractivity contribution is 7.98. The third-order valence-electron chi connectivity index (χ3n) is 2.24. The van der Waals surface area contributed by atoms with Crippen LogP contribution in [0.3, 0.4) is 0 Å². The second-order valence-corrected chi connectivity index (χ2v) is 4.67. The first-order chi connectivity index (χ1) is 8.15. The Kier molecular flexibility index (Phi) is 6.00. The average Bonchev–Trinajstić information content (AvgIpc) is 2.31. The van der Waals surface area contributed by atoms with Gasteiger partial charge in [0.1, 0.15) is 6.04 Å². The quantitative estimate of drug-likeness (QED) is 0.780. The Labute approximate surface area is 106 Å². The van der Waals surface area contributed by atoms with Crippen molar-refractivity contribution in [1.82, 2.24) is 4.98 Å². The number of hydrogen-bond donors (Lipinski definition) is 1. The first-order valence-electron chi connectivity index (χ1n) is 5.55. The highest BCUT2D eigenvalue weighted by Crippen LogP contribution is 2.14. The largest absolute Gasteiger partial charge is 0.465 e. The van der Waals surface area contributed by atoms with Crippen molar-refractivity contribution >= 4 is 17.7 Å². The SMILES string of the molecule is CCOC(=O)C(N)CSCc1ncccc1C. The van der Waals surface area contributed by atoms with Crippen LogP contribution >= 0.6 is 11.8 Å². The number of nitrogens with zero attached hydrogens (tertiary/aromatic N) is 1. The van der Waals surface area contributed by atoms with Crippen molar-refractivity contribution in [1.29, 1.82) is 0 Å². The molecule has 1 heterocycles. The van der Waals surface area contributed by atoms with Crippen LogP contribution in [0, 0.1) is 6.92 Å². The fourth-order valence-electron chi connectivity index (χ4n) is 1.27. The van der Waals surface area contributed by atoms with Gasteiger partial charge in [0.05, 0.1) is 12.3 Å². The lowest BCUT2D eigenvalue weighted by molar-refractivity contribution is -0.144. The van der Waals surface area contributed by atoms with Gasteiger partial charge in [0.15, 0.2) is 0 Å². The van der Waals surface area contributed by atoms with Gasteiger partial charge < -0.3 is 10.5 Å². The van der Waals surface area contributed by atoms with Gasteiger partial charge in [0.2, 0.25) is 0 Å². The van der Waals surface area contributed by atoms with Crippen molar-refractivity contribution < 1.29 is 9.53 Å². The van der Waals surface area contributed by atoms with Crippen LogP contribution in [0.4, 0.5) is 0 Å². The second-order valence-electron chi connectivity index (χ2n) is 3.64. The van der Waals surface area contributed by atoms with E-state index in [1.807, 2.05) is 19.1 Å². The molecule has 0 amide bonds. The van der Waals surface area contributed by atoms with Gasteiger partial charge in [-0.1, -0.05) is 6.07 Å². The predicted molar refractivity (Wildman–Crippen MR) is 69.7 cm³/mol. The van der Waals surface area contributed by atoms with Crippen LogP contribution < -0.4 is 5.73 Å². The molecule has 0 saturated heterocycles. The number of carbonyl (C=O) groups excluding carboxylic acids is 1. The van der Waals surface area contributed by atoms with Crippen molar-refractivity contribution in [2.45, 2.75) is 25.6 Å². The Morgan fingerprint density at radius 3 is 3.06 bits per heavy atom.